The molecule has 2 aromatic carbocycles. The zero-order valence-electron chi connectivity index (χ0n) is 21.5. The van der Waals surface area contributed by atoms with E-state index in [4.69, 9.17) is 11.6 Å². The van der Waals surface area contributed by atoms with Gasteiger partial charge < -0.3 is 14.4 Å². The predicted octanol–water partition coefficient (Wildman–Crippen LogP) is 6.88. The zero-order chi connectivity index (χ0) is 26.2. The van der Waals surface area contributed by atoms with Crippen LogP contribution < -0.4 is 0 Å². The normalized spacial score (nSPS) is 12.0. The third kappa shape index (κ3) is 7.47. The molecular formula is C29H35BrClN3O2. The van der Waals surface area contributed by atoms with Crippen molar-refractivity contribution in [2.24, 2.45) is 5.92 Å². The van der Waals surface area contributed by atoms with Gasteiger partial charge in [-0.2, -0.15) is 0 Å². The molecule has 7 heteroatoms. The largest absolute Gasteiger partial charge is 0.345 e. The van der Waals surface area contributed by atoms with E-state index >= 15 is 0 Å². The van der Waals surface area contributed by atoms with Crippen molar-refractivity contribution in [2.45, 2.75) is 53.2 Å². The van der Waals surface area contributed by atoms with Crippen LogP contribution in [0.2, 0.25) is 5.02 Å². The lowest BCUT2D eigenvalue weighted by Gasteiger charge is -2.32. The van der Waals surface area contributed by atoms with E-state index < -0.39 is 0 Å². The topological polar surface area (TPSA) is 45.6 Å². The Morgan fingerprint density at radius 2 is 1.69 bits per heavy atom. The van der Waals surface area contributed by atoms with Gasteiger partial charge in [0.15, 0.2) is 0 Å². The highest BCUT2D eigenvalue weighted by Crippen LogP contribution is 2.20. The molecule has 0 saturated carbocycles. The van der Waals surface area contributed by atoms with Gasteiger partial charge in [-0.25, -0.2) is 0 Å². The van der Waals surface area contributed by atoms with Crippen molar-refractivity contribution in [1.29, 1.82) is 0 Å². The van der Waals surface area contributed by atoms with Gasteiger partial charge in [-0.05, 0) is 67.3 Å². The smallest absolute Gasteiger partial charge is 0.254 e. The summed E-state index contributed by atoms with van der Waals surface area (Å²) in [6.07, 6.45) is 2.78. The van der Waals surface area contributed by atoms with Gasteiger partial charge in [0.2, 0.25) is 5.91 Å². The van der Waals surface area contributed by atoms with Crippen molar-refractivity contribution in [3.8, 4) is 0 Å². The Labute approximate surface area is 228 Å². The molecule has 0 N–H and O–H groups in total. The number of rotatable bonds is 11. The third-order valence-corrected chi connectivity index (χ3v) is 7.19. The molecule has 0 aliphatic carbocycles. The Balaban J connectivity index is 1.80. The first kappa shape index (κ1) is 28.0. The molecular weight excluding hydrogens is 538 g/mol. The Hall–Kier alpha value is -2.57. The maximum Gasteiger partial charge on any atom is 0.254 e. The first-order valence-electron chi connectivity index (χ1n) is 12.4. The molecule has 0 aliphatic rings. The van der Waals surface area contributed by atoms with Crippen molar-refractivity contribution >= 4 is 39.3 Å². The summed E-state index contributed by atoms with van der Waals surface area (Å²) in [5, 5.41) is 0.725. The minimum absolute atomic E-state index is 0.0435. The van der Waals surface area contributed by atoms with E-state index in [-0.39, 0.29) is 24.4 Å². The quantitative estimate of drug-likeness (QED) is 0.251. The average Bonchev–Trinajstić information content (AvgIpc) is 3.29. The molecule has 2 amide bonds. The van der Waals surface area contributed by atoms with Crippen molar-refractivity contribution in [3.05, 3.63) is 93.2 Å². The lowest BCUT2D eigenvalue weighted by molar-refractivity contribution is -0.133. The summed E-state index contributed by atoms with van der Waals surface area (Å²) in [5.41, 5.74) is 2.63. The van der Waals surface area contributed by atoms with Gasteiger partial charge in [0, 0.05) is 46.1 Å². The Morgan fingerprint density at radius 1 is 1.00 bits per heavy atom. The van der Waals surface area contributed by atoms with Crippen LogP contribution in [0.15, 0.2) is 71.3 Å². The van der Waals surface area contributed by atoms with Gasteiger partial charge in [-0.1, -0.05) is 66.5 Å². The van der Waals surface area contributed by atoms with Crippen LogP contribution in [0.5, 0.6) is 0 Å². The second kappa shape index (κ2) is 13.1. The molecule has 36 heavy (non-hydrogen) atoms. The average molecular weight is 573 g/mol. The molecule has 192 valence electrons. The van der Waals surface area contributed by atoms with E-state index in [1.807, 2.05) is 73.5 Å². The Kier molecular flexibility index (Phi) is 10.2. The number of benzene rings is 2. The molecule has 1 heterocycles. The van der Waals surface area contributed by atoms with E-state index in [1.54, 1.807) is 17.0 Å². The summed E-state index contributed by atoms with van der Waals surface area (Å²) >= 11 is 9.81. The molecule has 1 atom stereocenters. The molecule has 0 aliphatic heterocycles. The molecule has 0 radical (unpaired) electrons. The molecule has 0 spiro atoms. The lowest BCUT2D eigenvalue weighted by atomic mass is 10.1. The van der Waals surface area contributed by atoms with Gasteiger partial charge in [-0.15, -0.1) is 0 Å². The molecule has 1 aromatic heterocycles. The van der Waals surface area contributed by atoms with Crippen LogP contribution in [-0.2, 0) is 17.9 Å². The fraction of sp³-hybridized carbons (Fsp3) is 0.379. The van der Waals surface area contributed by atoms with Gasteiger partial charge in [0.05, 0.1) is 6.54 Å². The maximum atomic E-state index is 13.6. The fourth-order valence-corrected chi connectivity index (χ4v) is 4.56. The minimum atomic E-state index is -0.128. The molecule has 0 saturated heterocycles. The van der Waals surface area contributed by atoms with Crippen molar-refractivity contribution < 1.29 is 9.59 Å². The van der Waals surface area contributed by atoms with Gasteiger partial charge in [0.25, 0.3) is 5.91 Å². The Bertz CT molecular complexity index is 1160. The fourth-order valence-electron chi connectivity index (χ4n) is 4.10. The predicted molar refractivity (Wildman–Crippen MR) is 150 cm³/mol. The molecule has 3 aromatic rings. The minimum Gasteiger partial charge on any atom is -0.345 e. The molecule has 0 fully saturated rings. The maximum absolute atomic E-state index is 13.6. The SMILES string of the molecule is CC[C@H](C)N(CC(=O)N(Cc1cccn1Cc1ccccc1Cl)CC(C)C)C(=O)c1ccc(Br)cc1. The number of carbonyl (C=O) groups is 2. The molecule has 3 rings (SSSR count). The highest BCUT2D eigenvalue weighted by Gasteiger charge is 2.26. The summed E-state index contributed by atoms with van der Waals surface area (Å²) in [5.74, 6) is 0.108. The zero-order valence-corrected chi connectivity index (χ0v) is 23.8. The second-order valence-electron chi connectivity index (χ2n) is 9.58. The summed E-state index contributed by atoms with van der Waals surface area (Å²) in [6, 6.07) is 19.1. The Morgan fingerprint density at radius 3 is 2.33 bits per heavy atom. The number of amides is 2. The third-order valence-electron chi connectivity index (χ3n) is 6.29. The standard InChI is InChI=1S/C29H35BrClN3O2/c1-5-22(4)34(29(36)23-12-14-25(30)15-13-23)20-28(35)33(17-21(2)3)19-26-10-8-16-32(26)18-24-9-6-7-11-27(24)31/h6-16,21-22H,5,17-20H2,1-4H3/t22-/m0/s1. The number of halogens is 2. The van der Waals surface area contributed by atoms with Crippen LogP contribution in [0.1, 0.15) is 55.7 Å². The van der Waals surface area contributed by atoms with E-state index in [2.05, 4.69) is 34.3 Å². The first-order valence-corrected chi connectivity index (χ1v) is 13.6. The lowest BCUT2D eigenvalue weighted by Crippen LogP contribution is -2.47. The second-order valence-corrected chi connectivity index (χ2v) is 10.9. The highest BCUT2D eigenvalue weighted by molar-refractivity contribution is 9.10. The molecule has 5 nitrogen and oxygen atoms in total. The summed E-state index contributed by atoms with van der Waals surface area (Å²) < 4.78 is 3.04. The van der Waals surface area contributed by atoms with E-state index in [0.29, 0.717) is 31.1 Å². The number of hydrogen-bond acceptors (Lipinski definition) is 2. The van der Waals surface area contributed by atoms with Gasteiger partial charge in [-0.3, -0.25) is 9.59 Å². The summed E-state index contributed by atoms with van der Waals surface area (Å²) in [7, 11) is 0. The number of hydrogen-bond donors (Lipinski definition) is 0. The van der Waals surface area contributed by atoms with Gasteiger partial charge in [0.1, 0.15) is 6.54 Å². The molecule has 0 unspecified atom stereocenters. The summed E-state index contributed by atoms with van der Waals surface area (Å²) in [6.45, 7) is 9.97. The number of nitrogens with zero attached hydrogens (tertiary/aromatic N) is 3. The van der Waals surface area contributed by atoms with Crippen LogP contribution in [-0.4, -0.2) is 45.3 Å². The molecule has 0 bridgehead atoms. The van der Waals surface area contributed by atoms with Crippen LogP contribution in [0, 0.1) is 5.92 Å². The van der Waals surface area contributed by atoms with Crippen molar-refractivity contribution in [1.82, 2.24) is 14.4 Å². The first-order chi connectivity index (χ1) is 17.2. The van der Waals surface area contributed by atoms with Crippen molar-refractivity contribution in [3.63, 3.8) is 0 Å². The van der Waals surface area contributed by atoms with Crippen LogP contribution >= 0.6 is 27.5 Å². The van der Waals surface area contributed by atoms with E-state index in [0.717, 1.165) is 27.2 Å². The number of carbonyl (C=O) groups excluding carboxylic acids is 2. The van der Waals surface area contributed by atoms with Crippen LogP contribution in [0.3, 0.4) is 0 Å². The monoisotopic (exact) mass is 571 g/mol. The summed E-state index contributed by atoms with van der Waals surface area (Å²) in [4.78, 5) is 30.6. The van der Waals surface area contributed by atoms with Crippen LogP contribution in [0.25, 0.3) is 0 Å². The van der Waals surface area contributed by atoms with Crippen LogP contribution in [0.4, 0.5) is 0 Å². The highest BCUT2D eigenvalue weighted by atomic mass is 79.9. The van der Waals surface area contributed by atoms with E-state index in [1.165, 1.54) is 0 Å². The van der Waals surface area contributed by atoms with Gasteiger partial charge >= 0.3 is 0 Å². The number of aromatic nitrogens is 1. The van der Waals surface area contributed by atoms with Crippen molar-refractivity contribution in [2.75, 3.05) is 13.1 Å². The van der Waals surface area contributed by atoms with E-state index in [9.17, 15) is 9.59 Å².